The van der Waals surface area contributed by atoms with Crippen LogP contribution in [-0.2, 0) is 0 Å². The minimum atomic E-state index is -0.467. The molecule has 0 saturated heterocycles. The Morgan fingerprint density at radius 3 is 2.62 bits per heavy atom. The van der Waals surface area contributed by atoms with Crippen molar-refractivity contribution in [3.05, 3.63) is 35.7 Å². The molecule has 2 rings (SSSR count). The van der Waals surface area contributed by atoms with E-state index in [0.29, 0.717) is 29.4 Å². The number of carbonyl (C=O) groups is 1. The summed E-state index contributed by atoms with van der Waals surface area (Å²) < 4.78 is 5.12. The van der Waals surface area contributed by atoms with Gasteiger partial charge in [0.2, 0.25) is 0 Å². The van der Waals surface area contributed by atoms with Crippen molar-refractivity contribution in [3.8, 4) is 11.5 Å². The van der Waals surface area contributed by atoms with Gasteiger partial charge in [-0.2, -0.15) is 4.98 Å². The summed E-state index contributed by atoms with van der Waals surface area (Å²) in [6.07, 6.45) is 0. The van der Waals surface area contributed by atoms with Crippen LogP contribution in [0.3, 0.4) is 0 Å². The molecule has 7 heteroatoms. The van der Waals surface area contributed by atoms with Crippen LogP contribution in [0.4, 0.5) is 0 Å². The molecule has 0 unspecified atom stereocenters. The third-order valence-electron chi connectivity index (χ3n) is 2.63. The van der Waals surface area contributed by atoms with E-state index in [-0.39, 0.29) is 18.3 Å². The van der Waals surface area contributed by atoms with E-state index >= 15 is 0 Å². The van der Waals surface area contributed by atoms with Crippen molar-refractivity contribution in [2.75, 3.05) is 6.54 Å². The summed E-state index contributed by atoms with van der Waals surface area (Å²) in [4.78, 5) is 16.4. The van der Waals surface area contributed by atoms with Gasteiger partial charge in [-0.1, -0.05) is 17.3 Å². The SMILES string of the molecule is Cc1noc(-c2ccccc2C(=O)NCC(C)(C)N)n1.Cl. The molecule has 21 heavy (non-hydrogen) atoms. The maximum Gasteiger partial charge on any atom is 0.258 e. The molecule has 0 aliphatic carbocycles. The molecular weight excluding hydrogens is 292 g/mol. The molecule has 1 amide bonds. The molecular formula is C14H19ClN4O2. The summed E-state index contributed by atoms with van der Waals surface area (Å²) in [5.41, 5.74) is 6.49. The number of nitrogens with zero attached hydrogens (tertiary/aromatic N) is 2. The zero-order chi connectivity index (χ0) is 14.8. The minimum Gasteiger partial charge on any atom is -0.350 e. The normalized spacial score (nSPS) is 10.9. The fraction of sp³-hybridized carbons (Fsp3) is 0.357. The van der Waals surface area contributed by atoms with Gasteiger partial charge in [-0.15, -0.1) is 12.4 Å². The lowest BCUT2D eigenvalue weighted by atomic mass is 10.0. The molecule has 0 saturated carbocycles. The number of hydrogen-bond donors (Lipinski definition) is 2. The number of aryl methyl sites for hydroxylation is 1. The first-order valence-electron chi connectivity index (χ1n) is 6.33. The molecule has 1 aromatic heterocycles. The van der Waals surface area contributed by atoms with Crippen LogP contribution in [0, 0.1) is 6.92 Å². The Hall–Kier alpha value is -1.92. The van der Waals surface area contributed by atoms with Crippen molar-refractivity contribution in [2.24, 2.45) is 5.73 Å². The molecule has 0 spiro atoms. The van der Waals surface area contributed by atoms with Crippen molar-refractivity contribution in [1.29, 1.82) is 0 Å². The van der Waals surface area contributed by atoms with E-state index in [4.69, 9.17) is 10.3 Å². The monoisotopic (exact) mass is 310 g/mol. The zero-order valence-electron chi connectivity index (χ0n) is 12.2. The van der Waals surface area contributed by atoms with Gasteiger partial charge in [0.15, 0.2) is 5.82 Å². The topological polar surface area (TPSA) is 94.0 Å². The Balaban J connectivity index is 0.00000220. The number of nitrogens with one attached hydrogen (secondary N) is 1. The Morgan fingerprint density at radius 2 is 2.05 bits per heavy atom. The van der Waals surface area contributed by atoms with Crippen LogP contribution in [0.15, 0.2) is 28.8 Å². The van der Waals surface area contributed by atoms with Gasteiger partial charge in [0.1, 0.15) is 0 Å². The highest BCUT2D eigenvalue weighted by Crippen LogP contribution is 2.21. The van der Waals surface area contributed by atoms with Crippen LogP contribution < -0.4 is 11.1 Å². The maximum atomic E-state index is 12.2. The van der Waals surface area contributed by atoms with Gasteiger partial charge in [0, 0.05) is 12.1 Å². The summed E-state index contributed by atoms with van der Waals surface area (Å²) in [7, 11) is 0. The third-order valence-corrected chi connectivity index (χ3v) is 2.63. The Labute approximate surface area is 129 Å². The van der Waals surface area contributed by atoms with E-state index in [1.165, 1.54) is 0 Å². The maximum absolute atomic E-state index is 12.2. The lowest BCUT2D eigenvalue weighted by molar-refractivity contribution is 0.0946. The predicted octanol–water partition coefficient (Wildman–Crippen LogP) is 1.93. The van der Waals surface area contributed by atoms with Crippen LogP contribution in [0.1, 0.15) is 30.0 Å². The number of rotatable bonds is 4. The quantitative estimate of drug-likeness (QED) is 0.900. The molecule has 1 aromatic carbocycles. The number of benzene rings is 1. The molecule has 3 N–H and O–H groups in total. The van der Waals surface area contributed by atoms with Crippen molar-refractivity contribution < 1.29 is 9.32 Å². The molecule has 0 aliphatic heterocycles. The van der Waals surface area contributed by atoms with Crippen molar-refractivity contribution in [2.45, 2.75) is 26.3 Å². The van der Waals surface area contributed by atoms with Crippen LogP contribution >= 0.6 is 12.4 Å². The summed E-state index contributed by atoms with van der Waals surface area (Å²) in [6, 6.07) is 7.09. The van der Waals surface area contributed by atoms with Gasteiger partial charge in [-0.05, 0) is 32.9 Å². The van der Waals surface area contributed by atoms with E-state index in [9.17, 15) is 4.79 Å². The fourth-order valence-corrected chi connectivity index (χ4v) is 1.68. The van der Waals surface area contributed by atoms with Crippen LogP contribution in [0.25, 0.3) is 11.5 Å². The first-order chi connectivity index (χ1) is 9.37. The number of amides is 1. The first kappa shape index (κ1) is 17.1. The molecule has 0 fully saturated rings. The van der Waals surface area contributed by atoms with E-state index in [2.05, 4.69) is 15.5 Å². The molecule has 6 nitrogen and oxygen atoms in total. The predicted molar refractivity (Wildman–Crippen MR) is 82.3 cm³/mol. The molecule has 0 aliphatic rings. The largest absolute Gasteiger partial charge is 0.350 e. The average Bonchev–Trinajstić information content (AvgIpc) is 2.82. The highest BCUT2D eigenvalue weighted by Gasteiger charge is 2.18. The summed E-state index contributed by atoms with van der Waals surface area (Å²) in [5, 5.41) is 6.54. The fourth-order valence-electron chi connectivity index (χ4n) is 1.68. The van der Waals surface area contributed by atoms with Crippen molar-refractivity contribution in [1.82, 2.24) is 15.5 Å². The average molecular weight is 311 g/mol. The highest BCUT2D eigenvalue weighted by molar-refractivity contribution is 5.99. The van der Waals surface area contributed by atoms with E-state index < -0.39 is 5.54 Å². The summed E-state index contributed by atoms with van der Waals surface area (Å²) >= 11 is 0. The summed E-state index contributed by atoms with van der Waals surface area (Å²) in [5.74, 6) is 0.647. The second-order valence-corrected chi connectivity index (χ2v) is 5.36. The number of carbonyl (C=O) groups excluding carboxylic acids is 1. The zero-order valence-corrected chi connectivity index (χ0v) is 13.0. The van der Waals surface area contributed by atoms with Gasteiger partial charge >= 0.3 is 0 Å². The highest BCUT2D eigenvalue weighted by atomic mass is 35.5. The molecule has 0 bridgehead atoms. The second-order valence-electron chi connectivity index (χ2n) is 5.36. The summed E-state index contributed by atoms with van der Waals surface area (Å²) in [6.45, 7) is 5.80. The van der Waals surface area contributed by atoms with Gasteiger partial charge in [0.05, 0.1) is 11.1 Å². The van der Waals surface area contributed by atoms with Crippen LogP contribution in [0.5, 0.6) is 0 Å². The van der Waals surface area contributed by atoms with E-state index in [0.717, 1.165) is 0 Å². The molecule has 0 radical (unpaired) electrons. The minimum absolute atomic E-state index is 0. The van der Waals surface area contributed by atoms with E-state index in [1.807, 2.05) is 19.9 Å². The van der Waals surface area contributed by atoms with E-state index in [1.54, 1.807) is 25.1 Å². The molecule has 1 heterocycles. The van der Waals surface area contributed by atoms with Crippen LogP contribution in [-0.4, -0.2) is 28.1 Å². The first-order valence-corrected chi connectivity index (χ1v) is 6.33. The van der Waals surface area contributed by atoms with Gasteiger partial charge < -0.3 is 15.6 Å². The number of aromatic nitrogens is 2. The smallest absolute Gasteiger partial charge is 0.258 e. The van der Waals surface area contributed by atoms with Gasteiger partial charge in [-0.25, -0.2) is 0 Å². The number of nitrogens with two attached hydrogens (primary N) is 1. The van der Waals surface area contributed by atoms with Crippen molar-refractivity contribution in [3.63, 3.8) is 0 Å². The third kappa shape index (κ3) is 4.54. The molecule has 114 valence electrons. The Bertz CT molecular complexity index is 619. The molecule has 0 atom stereocenters. The van der Waals surface area contributed by atoms with Gasteiger partial charge in [0.25, 0.3) is 11.8 Å². The lowest BCUT2D eigenvalue weighted by Crippen LogP contribution is -2.45. The second kappa shape index (κ2) is 6.69. The lowest BCUT2D eigenvalue weighted by Gasteiger charge is -2.19. The van der Waals surface area contributed by atoms with Gasteiger partial charge in [-0.3, -0.25) is 4.79 Å². The number of hydrogen-bond acceptors (Lipinski definition) is 5. The number of halogens is 1. The molecule has 2 aromatic rings. The van der Waals surface area contributed by atoms with Crippen molar-refractivity contribution >= 4 is 18.3 Å². The Kier molecular flexibility index (Phi) is 5.46. The Morgan fingerprint density at radius 1 is 1.38 bits per heavy atom. The van der Waals surface area contributed by atoms with Crippen LogP contribution in [0.2, 0.25) is 0 Å². The standard InChI is InChI=1S/C14H18N4O2.ClH/c1-9-17-13(20-18-9)11-7-5-4-6-10(11)12(19)16-8-14(2,3)15;/h4-7H,8,15H2,1-3H3,(H,16,19);1H.